The van der Waals surface area contributed by atoms with Crippen LogP contribution in [0.1, 0.15) is 10.4 Å². The average Bonchev–Trinajstić information content (AvgIpc) is 2.78. The second-order valence-corrected chi connectivity index (χ2v) is 9.39. The van der Waals surface area contributed by atoms with E-state index in [-0.39, 0.29) is 39.2 Å². The van der Waals surface area contributed by atoms with E-state index in [4.69, 9.17) is 16.3 Å². The van der Waals surface area contributed by atoms with Crippen LogP contribution in [0.5, 0.6) is 5.75 Å². The molecule has 0 aliphatic carbocycles. The van der Waals surface area contributed by atoms with Crippen LogP contribution in [0, 0.1) is 11.6 Å². The predicted molar refractivity (Wildman–Crippen MR) is 117 cm³/mol. The van der Waals surface area contributed by atoms with Crippen LogP contribution in [0.3, 0.4) is 0 Å². The maximum atomic E-state index is 14.1. The smallest absolute Gasteiger partial charge is 0.264 e. The summed E-state index contributed by atoms with van der Waals surface area (Å²) in [4.78, 5) is 12.4. The number of anilines is 2. The predicted octanol–water partition coefficient (Wildman–Crippen LogP) is 4.80. The number of hydrogen-bond acceptors (Lipinski definition) is 4. The summed E-state index contributed by atoms with van der Waals surface area (Å²) in [7, 11) is -4.22. The monoisotopic (exact) mass is 496 g/mol. The van der Waals surface area contributed by atoms with Gasteiger partial charge in [-0.25, -0.2) is 21.6 Å². The van der Waals surface area contributed by atoms with Gasteiger partial charge in [-0.2, -0.15) is 0 Å². The third kappa shape index (κ3) is 4.49. The molecule has 0 saturated heterocycles. The molecule has 3 aromatic rings. The number of alkyl halides is 1. The van der Waals surface area contributed by atoms with Crippen LogP contribution in [0.15, 0.2) is 65.6 Å². The number of nitrogens with one attached hydrogen (secondary N) is 1. The number of ether oxygens (including phenoxy) is 1. The molecule has 11 heteroatoms. The molecule has 0 radical (unpaired) electrons. The molecule has 0 spiro atoms. The van der Waals surface area contributed by atoms with Crippen LogP contribution in [0.2, 0.25) is 5.02 Å². The summed E-state index contributed by atoms with van der Waals surface area (Å²) in [5, 5.41) is 2.37. The van der Waals surface area contributed by atoms with E-state index in [1.165, 1.54) is 30.3 Å². The van der Waals surface area contributed by atoms with Crippen molar-refractivity contribution in [2.24, 2.45) is 0 Å². The van der Waals surface area contributed by atoms with Crippen molar-refractivity contribution in [3.63, 3.8) is 0 Å². The number of rotatable bonds is 5. The summed E-state index contributed by atoms with van der Waals surface area (Å²) < 4.78 is 73.7. The van der Waals surface area contributed by atoms with Crippen LogP contribution in [0.4, 0.5) is 24.5 Å². The summed E-state index contributed by atoms with van der Waals surface area (Å²) in [5.74, 6) is -2.22. The zero-order chi connectivity index (χ0) is 23.8. The molecule has 33 heavy (non-hydrogen) atoms. The molecule has 1 atom stereocenters. The zero-order valence-corrected chi connectivity index (χ0v) is 18.3. The number of amides is 1. The van der Waals surface area contributed by atoms with E-state index < -0.39 is 40.3 Å². The molecule has 1 unspecified atom stereocenters. The fourth-order valence-corrected chi connectivity index (χ4v) is 5.09. The fourth-order valence-electron chi connectivity index (χ4n) is 3.34. The minimum atomic E-state index is -4.22. The van der Waals surface area contributed by atoms with E-state index >= 15 is 0 Å². The van der Waals surface area contributed by atoms with E-state index in [0.29, 0.717) is 0 Å². The Hall–Kier alpha value is -3.24. The van der Waals surface area contributed by atoms with Gasteiger partial charge in [-0.15, -0.1) is 0 Å². The van der Waals surface area contributed by atoms with E-state index in [2.05, 4.69) is 5.32 Å². The Kier molecular flexibility index (Phi) is 6.22. The Balaban J connectivity index is 1.72. The van der Waals surface area contributed by atoms with Crippen molar-refractivity contribution in [1.29, 1.82) is 0 Å². The molecular formula is C22H16ClF3N2O4S. The van der Waals surface area contributed by atoms with Gasteiger partial charge in [0.2, 0.25) is 0 Å². The first-order valence-corrected chi connectivity index (χ1v) is 11.4. The van der Waals surface area contributed by atoms with E-state index in [9.17, 15) is 26.4 Å². The fraction of sp³-hybridized carbons (Fsp3) is 0.136. The Morgan fingerprint density at radius 3 is 2.52 bits per heavy atom. The minimum Gasteiger partial charge on any atom is -0.484 e. The maximum Gasteiger partial charge on any atom is 0.264 e. The number of nitrogens with zero attached hydrogens (tertiary/aromatic N) is 1. The molecule has 1 aliphatic rings. The molecule has 0 fully saturated rings. The summed E-state index contributed by atoms with van der Waals surface area (Å²) in [5.41, 5.74) is -0.220. The highest BCUT2D eigenvalue weighted by Gasteiger charge is 2.35. The molecule has 3 aromatic carbocycles. The average molecular weight is 497 g/mol. The van der Waals surface area contributed by atoms with Gasteiger partial charge in [0, 0.05) is 5.69 Å². The lowest BCUT2D eigenvalue weighted by Crippen LogP contribution is -2.44. The number of sulfonamides is 1. The molecular weight excluding hydrogens is 481 g/mol. The highest BCUT2D eigenvalue weighted by atomic mass is 35.5. The molecule has 4 rings (SSSR count). The Morgan fingerprint density at radius 2 is 1.85 bits per heavy atom. The number of carbonyl (C=O) groups excluding carboxylic acids is 1. The van der Waals surface area contributed by atoms with Crippen LogP contribution in [0.25, 0.3) is 0 Å². The van der Waals surface area contributed by atoms with Gasteiger partial charge in [-0.1, -0.05) is 17.7 Å². The topological polar surface area (TPSA) is 75.7 Å². The van der Waals surface area contributed by atoms with Gasteiger partial charge in [0.05, 0.1) is 27.7 Å². The van der Waals surface area contributed by atoms with Crippen LogP contribution in [-0.4, -0.2) is 33.6 Å². The number of hydrogen-bond donors (Lipinski definition) is 1. The summed E-state index contributed by atoms with van der Waals surface area (Å²) >= 11 is 5.93. The first-order valence-electron chi connectivity index (χ1n) is 9.61. The lowest BCUT2D eigenvalue weighted by molar-refractivity contribution is 0.102. The van der Waals surface area contributed by atoms with Crippen molar-refractivity contribution in [2.45, 2.75) is 11.0 Å². The first kappa shape index (κ1) is 22.9. The standard InChI is InChI=1S/C22H16ClF3N2O4S/c23-17-2-1-3-18(26)21(17)22(29)27-14-6-9-20-19(10-14)28(12-15(11-24)32-20)33(30,31)16-7-4-13(25)5-8-16/h1-10,15H,11-12H2,(H,27,29). The number of benzene rings is 3. The minimum absolute atomic E-state index is 0.0291. The first-order chi connectivity index (χ1) is 15.7. The Labute approximate surface area is 192 Å². The van der Waals surface area contributed by atoms with Crippen LogP contribution < -0.4 is 14.4 Å². The maximum absolute atomic E-state index is 14.1. The van der Waals surface area contributed by atoms with Crippen molar-refractivity contribution < 1.29 is 31.1 Å². The molecule has 1 aliphatic heterocycles. The van der Waals surface area contributed by atoms with Crippen LogP contribution in [-0.2, 0) is 10.0 Å². The van der Waals surface area contributed by atoms with Gasteiger partial charge in [-0.05, 0) is 54.6 Å². The lowest BCUT2D eigenvalue weighted by atomic mass is 10.1. The van der Waals surface area contributed by atoms with E-state index in [1.807, 2.05) is 0 Å². The number of carbonyl (C=O) groups is 1. The third-order valence-electron chi connectivity index (χ3n) is 4.91. The quantitative estimate of drug-likeness (QED) is 0.551. The molecule has 6 nitrogen and oxygen atoms in total. The SMILES string of the molecule is O=C(Nc1ccc2c(c1)N(S(=O)(=O)c1ccc(F)cc1)CC(CF)O2)c1c(F)cccc1Cl. The van der Waals surface area contributed by atoms with Gasteiger partial charge in [0.1, 0.15) is 30.2 Å². The molecule has 1 amide bonds. The largest absolute Gasteiger partial charge is 0.484 e. The lowest BCUT2D eigenvalue weighted by Gasteiger charge is -2.34. The Morgan fingerprint density at radius 1 is 1.12 bits per heavy atom. The Bertz CT molecular complexity index is 1300. The van der Waals surface area contributed by atoms with Crippen molar-refractivity contribution in [2.75, 3.05) is 22.8 Å². The molecule has 1 heterocycles. The molecule has 0 bridgehead atoms. The summed E-state index contributed by atoms with van der Waals surface area (Å²) in [6, 6.07) is 12.0. The molecule has 1 N–H and O–H groups in total. The second kappa shape index (κ2) is 8.95. The molecule has 0 saturated carbocycles. The van der Waals surface area contributed by atoms with E-state index in [1.54, 1.807) is 0 Å². The normalized spacial score (nSPS) is 15.5. The molecule has 0 aromatic heterocycles. The second-order valence-electron chi connectivity index (χ2n) is 7.12. The van der Waals surface area contributed by atoms with Crippen molar-refractivity contribution in [1.82, 2.24) is 0 Å². The number of fused-ring (bicyclic) bond motifs is 1. The van der Waals surface area contributed by atoms with Gasteiger partial charge >= 0.3 is 0 Å². The van der Waals surface area contributed by atoms with E-state index in [0.717, 1.165) is 34.6 Å². The van der Waals surface area contributed by atoms with Crippen molar-refractivity contribution in [3.05, 3.63) is 82.9 Å². The highest BCUT2D eigenvalue weighted by Crippen LogP contribution is 2.39. The highest BCUT2D eigenvalue weighted by molar-refractivity contribution is 7.92. The van der Waals surface area contributed by atoms with Gasteiger partial charge < -0.3 is 10.1 Å². The number of halogens is 4. The summed E-state index contributed by atoms with van der Waals surface area (Å²) in [6.45, 7) is -1.29. The van der Waals surface area contributed by atoms with Gasteiger partial charge in [-0.3, -0.25) is 9.10 Å². The van der Waals surface area contributed by atoms with Crippen molar-refractivity contribution >= 4 is 38.9 Å². The third-order valence-corrected chi connectivity index (χ3v) is 7.02. The molecule has 172 valence electrons. The zero-order valence-electron chi connectivity index (χ0n) is 16.8. The summed E-state index contributed by atoms with van der Waals surface area (Å²) in [6.07, 6.45) is -1.06. The van der Waals surface area contributed by atoms with Gasteiger partial charge in [0.15, 0.2) is 0 Å². The van der Waals surface area contributed by atoms with Gasteiger partial charge in [0.25, 0.3) is 15.9 Å². The van der Waals surface area contributed by atoms with Crippen LogP contribution >= 0.6 is 11.6 Å². The van der Waals surface area contributed by atoms with Crippen molar-refractivity contribution in [3.8, 4) is 5.75 Å².